The summed E-state index contributed by atoms with van der Waals surface area (Å²) >= 11 is 1.51. The number of imide groups is 1. The van der Waals surface area contributed by atoms with Crippen molar-refractivity contribution in [2.24, 2.45) is 5.92 Å². The average Bonchev–Trinajstić information content (AvgIpc) is 3.22. The van der Waals surface area contributed by atoms with Crippen molar-refractivity contribution in [3.63, 3.8) is 0 Å². The molecule has 3 rings (SSSR count). The van der Waals surface area contributed by atoms with Gasteiger partial charge in [-0.1, -0.05) is 6.07 Å². The zero-order valence-electron chi connectivity index (χ0n) is 15.6. The highest BCUT2D eigenvalue weighted by Crippen LogP contribution is 2.23. The van der Waals surface area contributed by atoms with Gasteiger partial charge in [0, 0.05) is 10.8 Å². The molecule has 1 saturated heterocycles. The third-order valence-corrected chi connectivity index (χ3v) is 5.65. The van der Waals surface area contributed by atoms with E-state index in [-0.39, 0.29) is 12.1 Å². The Morgan fingerprint density at radius 2 is 1.90 bits per heavy atom. The lowest BCUT2D eigenvalue weighted by atomic mass is 9.88. The Balaban J connectivity index is 1.42. The Bertz CT molecular complexity index is 881. The maximum absolute atomic E-state index is 13.8. The van der Waals surface area contributed by atoms with Gasteiger partial charge in [0.05, 0.1) is 18.7 Å². The number of ketones is 1. The summed E-state index contributed by atoms with van der Waals surface area (Å²) in [4.78, 5) is 39.1. The van der Waals surface area contributed by atoms with E-state index < -0.39 is 35.3 Å². The van der Waals surface area contributed by atoms with Gasteiger partial charge in [0.1, 0.15) is 11.6 Å². The molecule has 3 amide bonds. The number of amides is 3. The van der Waals surface area contributed by atoms with Gasteiger partial charge in [-0.2, -0.15) is 0 Å². The second-order valence-electron chi connectivity index (χ2n) is 6.85. The fourth-order valence-electron chi connectivity index (χ4n) is 3.25. The molecule has 0 aliphatic carbocycles. The van der Waals surface area contributed by atoms with Crippen molar-refractivity contribution in [2.75, 3.05) is 19.6 Å². The number of nitrogens with zero attached hydrogens (tertiary/aromatic N) is 1. The van der Waals surface area contributed by atoms with Crippen LogP contribution in [0.5, 0.6) is 0 Å². The molecule has 0 atom stereocenters. The standard InChI is InChI=1S/C20H21F2N3O3S/c21-14-3-4-17(22)16(10-14)19(27)13-5-7-25(8-6-13)12-18(26)24-20(28)23-11-15-2-1-9-29-15/h1-4,9-10,13H,5-8,11-12H2,(H2,23,24,26,28). The smallest absolute Gasteiger partial charge is 0.321 e. The van der Waals surface area contributed by atoms with E-state index in [4.69, 9.17) is 0 Å². The van der Waals surface area contributed by atoms with Gasteiger partial charge < -0.3 is 5.32 Å². The Morgan fingerprint density at radius 3 is 2.59 bits per heavy atom. The fourth-order valence-corrected chi connectivity index (χ4v) is 3.90. The first-order chi connectivity index (χ1) is 13.9. The number of Topliss-reactive ketones (excluding diaryl/α,β-unsaturated/α-hetero) is 1. The van der Waals surface area contributed by atoms with E-state index in [0.29, 0.717) is 32.5 Å². The summed E-state index contributed by atoms with van der Waals surface area (Å²) in [5, 5.41) is 6.79. The van der Waals surface area contributed by atoms with Crippen LogP contribution in [0.25, 0.3) is 0 Å². The third-order valence-electron chi connectivity index (χ3n) is 4.78. The topological polar surface area (TPSA) is 78.5 Å². The molecule has 0 spiro atoms. The van der Waals surface area contributed by atoms with E-state index in [0.717, 1.165) is 23.1 Å². The summed E-state index contributed by atoms with van der Waals surface area (Å²) in [6, 6.07) is 6.05. The number of halogens is 2. The molecule has 0 radical (unpaired) electrons. The lowest BCUT2D eigenvalue weighted by Crippen LogP contribution is -2.46. The minimum atomic E-state index is -0.730. The minimum absolute atomic E-state index is 0.0294. The molecular weight excluding hydrogens is 400 g/mol. The van der Waals surface area contributed by atoms with Crippen LogP contribution in [0.1, 0.15) is 28.1 Å². The van der Waals surface area contributed by atoms with E-state index >= 15 is 0 Å². The highest BCUT2D eigenvalue weighted by atomic mass is 32.1. The first-order valence-electron chi connectivity index (χ1n) is 9.24. The molecule has 1 aliphatic rings. The van der Waals surface area contributed by atoms with Gasteiger partial charge in [-0.05, 0) is 55.6 Å². The molecule has 1 aromatic heterocycles. The van der Waals surface area contributed by atoms with Crippen LogP contribution in [0.3, 0.4) is 0 Å². The molecule has 2 N–H and O–H groups in total. The Morgan fingerprint density at radius 1 is 1.14 bits per heavy atom. The molecule has 0 unspecified atom stereocenters. The Labute approximate surface area is 170 Å². The quantitative estimate of drug-likeness (QED) is 0.703. The number of benzene rings is 1. The SMILES string of the molecule is O=C(CN1CCC(C(=O)c2cc(F)ccc2F)CC1)NC(=O)NCc1cccs1. The summed E-state index contributed by atoms with van der Waals surface area (Å²) in [5.74, 6) is -2.65. The lowest BCUT2D eigenvalue weighted by Gasteiger charge is -2.30. The van der Waals surface area contributed by atoms with Gasteiger partial charge in [0.15, 0.2) is 5.78 Å². The summed E-state index contributed by atoms with van der Waals surface area (Å²) in [5.41, 5.74) is -0.233. The van der Waals surface area contributed by atoms with Crippen LogP contribution in [0.15, 0.2) is 35.7 Å². The number of thiophene rings is 1. The summed E-state index contributed by atoms with van der Waals surface area (Å²) in [7, 11) is 0. The molecule has 1 aliphatic heterocycles. The number of rotatable bonds is 6. The number of likely N-dealkylation sites (tertiary alicyclic amines) is 1. The van der Waals surface area contributed by atoms with Gasteiger partial charge in [-0.25, -0.2) is 13.6 Å². The third kappa shape index (κ3) is 5.91. The van der Waals surface area contributed by atoms with Gasteiger partial charge in [0.25, 0.3) is 0 Å². The number of urea groups is 1. The Hall–Kier alpha value is -2.65. The van der Waals surface area contributed by atoms with Crippen molar-refractivity contribution in [2.45, 2.75) is 19.4 Å². The fraction of sp³-hybridized carbons (Fsp3) is 0.350. The maximum Gasteiger partial charge on any atom is 0.321 e. The molecular formula is C20H21F2N3O3S. The second-order valence-corrected chi connectivity index (χ2v) is 7.88. The van der Waals surface area contributed by atoms with Crippen LogP contribution in [0, 0.1) is 17.6 Å². The van der Waals surface area contributed by atoms with E-state index in [2.05, 4.69) is 10.6 Å². The first-order valence-corrected chi connectivity index (χ1v) is 10.1. The van der Waals surface area contributed by atoms with Crippen LogP contribution in [0.4, 0.5) is 13.6 Å². The van der Waals surface area contributed by atoms with E-state index in [9.17, 15) is 23.2 Å². The van der Waals surface area contributed by atoms with Crippen LogP contribution in [-0.4, -0.2) is 42.3 Å². The lowest BCUT2D eigenvalue weighted by molar-refractivity contribution is -0.121. The largest absolute Gasteiger partial charge is 0.333 e. The van der Waals surface area contributed by atoms with Crippen LogP contribution in [0.2, 0.25) is 0 Å². The molecule has 0 bridgehead atoms. The van der Waals surface area contributed by atoms with E-state index in [1.165, 1.54) is 11.3 Å². The number of carbonyl (C=O) groups excluding carboxylic acids is 3. The van der Waals surface area contributed by atoms with Gasteiger partial charge in [-0.3, -0.25) is 19.8 Å². The van der Waals surface area contributed by atoms with Crippen molar-refractivity contribution in [1.82, 2.24) is 15.5 Å². The predicted molar refractivity (Wildman–Crippen MR) is 105 cm³/mol. The molecule has 29 heavy (non-hydrogen) atoms. The number of carbonyl (C=O) groups is 3. The van der Waals surface area contributed by atoms with Crippen LogP contribution in [-0.2, 0) is 11.3 Å². The zero-order chi connectivity index (χ0) is 20.8. The molecule has 154 valence electrons. The molecule has 0 saturated carbocycles. The molecule has 1 fully saturated rings. The second kappa shape index (κ2) is 9.71. The monoisotopic (exact) mass is 421 g/mol. The Kier molecular flexibility index (Phi) is 7.05. The highest BCUT2D eigenvalue weighted by Gasteiger charge is 2.28. The normalized spacial score (nSPS) is 15.1. The van der Waals surface area contributed by atoms with E-state index in [1.54, 1.807) is 0 Å². The van der Waals surface area contributed by atoms with Gasteiger partial charge in [0.2, 0.25) is 5.91 Å². The highest BCUT2D eigenvalue weighted by molar-refractivity contribution is 7.09. The maximum atomic E-state index is 13.8. The number of hydrogen-bond acceptors (Lipinski definition) is 5. The molecule has 1 aromatic carbocycles. The number of nitrogens with one attached hydrogen (secondary N) is 2. The van der Waals surface area contributed by atoms with Crippen molar-refractivity contribution in [3.8, 4) is 0 Å². The van der Waals surface area contributed by atoms with Crippen LogP contribution < -0.4 is 10.6 Å². The molecule has 2 aromatic rings. The van der Waals surface area contributed by atoms with Crippen LogP contribution >= 0.6 is 11.3 Å². The summed E-state index contributed by atoms with van der Waals surface area (Å²) in [6.45, 7) is 1.29. The van der Waals surface area contributed by atoms with Crippen molar-refractivity contribution in [1.29, 1.82) is 0 Å². The van der Waals surface area contributed by atoms with Crippen molar-refractivity contribution < 1.29 is 23.2 Å². The van der Waals surface area contributed by atoms with Crippen molar-refractivity contribution >= 4 is 29.1 Å². The van der Waals surface area contributed by atoms with Gasteiger partial charge in [-0.15, -0.1) is 11.3 Å². The first kappa shape index (κ1) is 21.1. The van der Waals surface area contributed by atoms with E-state index in [1.807, 2.05) is 22.4 Å². The molecule has 9 heteroatoms. The van der Waals surface area contributed by atoms with Gasteiger partial charge >= 0.3 is 6.03 Å². The summed E-state index contributed by atoms with van der Waals surface area (Å²) in [6.07, 6.45) is 0.874. The average molecular weight is 421 g/mol. The number of hydrogen-bond donors (Lipinski definition) is 2. The minimum Gasteiger partial charge on any atom is -0.333 e. The van der Waals surface area contributed by atoms with Crippen molar-refractivity contribution in [3.05, 3.63) is 57.8 Å². The number of piperidine rings is 1. The predicted octanol–water partition coefficient (Wildman–Crippen LogP) is 2.95. The zero-order valence-corrected chi connectivity index (χ0v) is 16.4. The summed E-state index contributed by atoms with van der Waals surface area (Å²) < 4.78 is 27.1. The molecule has 2 heterocycles. The molecule has 6 nitrogen and oxygen atoms in total.